The predicted molar refractivity (Wildman–Crippen MR) is 60.3 cm³/mol. The number of aliphatic hydroxyl groups excluding tert-OH is 3. The van der Waals surface area contributed by atoms with Crippen molar-refractivity contribution in [1.29, 1.82) is 0 Å². The fraction of sp³-hybridized carbons (Fsp3) is 0.500. The Morgan fingerprint density at radius 3 is 2.84 bits per heavy atom. The van der Waals surface area contributed by atoms with Crippen LogP contribution in [0, 0.1) is 0 Å². The van der Waals surface area contributed by atoms with Gasteiger partial charge in [0.1, 0.15) is 30.2 Å². The minimum atomic E-state index is -1.24. The second kappa shape index (κ2) is 4.38. The first-order valence-electron chi connectivity index (χ1n) is 5.66. The van der Waals surface area contributed by atoms with Gasteiger partial charge >= 0.3 is 0 Å². The molecule has 0 aliphatic carbocycles. The maximum absolute atomic E-state index is 11.5. The highest BCUT2D eigenvalue weighted by Gasteiger charge is 2.44. The molecule has 0 aromatic rings. The maximum Gasteiger partial charge on any atom is 0.283 e. The van der Waals surface area contributed by atoms with Gasteiger partial charge in [0.15, 0.2) is 12.1 Å². The highest BCUT2D eigenvalue weighted by Crippen LogP contribution is 2.31. The Morgan fingerprint density at radius 1 is 1.37 bits per heavy atom. The number of nitrogens with one attached hydrogen (secondary N) is 1. The molecule has 0 bridgehead atoms. The molecule has 102 valence electrons. The van der Waals surface area contributed by atoms with Crippen molar-refractivity contribution in [3.8, 4) is 11.4 Å². The molecule has 0 aromatic carbocycles. The van der Waals surface area contributed by atoms with Crippen molar-refractivity contribution < 1.29 is 20.1 Å². The molecule has 0 amide bonds. The van der Waals surface area contributed by atoms with Gasteiger partial charge in [-0.2, -0.15) is 4.98 Å². The second-order valence-corrected chi connectivity index (χ2v) is 4.29. The number of rotatable bonds is 2. The van der Waals surface area contributed by atoms with E-state index in [2.05, 4.69) is 15.1 Å². The van der Waals surface area contributed by atoms with Gasteiger partial charge in [0.25, 0.3) is 5.56 Å². The molecule has 4 atom stereocenters. The first-order valence-corrected chi connectivity index (χ1v) is 5.66. The minimum Gasteiger partial charge on any atom is -0.394 e. The van der Waals surface area contributed by atoms with Crippen LogP contribution in [0.5, 0.6) is 0 Å². The number of hydrogen-bond donors (Lipinski definition) is 4. The van der Waals surface area contributed by atoms with Gasteiger partial charge in [0, 0.05) is 6.20 Å². The van der Waals surface area contributed by atoms with Crippen molar-refractivity contribution in [3.63, 3.8) is 0 Å². The summed E-state index contributed by atoms with van der Waals surface area (Å²) in [6, 6.07) is 0. The number of hydrogen-bond acceptors (Lipinski definition) is 7. The molecule has 4 N–H and O–H groups in total. The van der Waals surface area contributed by atoms with Crippen molar-refractivity contribution in [3.05, 3.63) is 22.9 Å². The predicted octanol–water partition coefficient (Wildman–Crippen LogP) is -2.32. The monoisotopic (exact) mass is 268 g/mol. The number of aliphatic hydroxyl groups is 3. The molecule has 0 saturated carbocycles. The lowest BCUT2D eigenvalue weighted by molar-refractivity contribution is -0.0580. The number of nitrogens with zero attached hydrogens (tertiary/aromatic N) is 3. The van der Waals surface area contributed by atoms with E-state index in [4.69, 9.17) is 9.84 Å². The summed E-state index contributed by atoms with van der Waals surface area (Å²) in [6.45, 7) is -0.421. The summed E-state index contributed by atoms with van der Waals surface area (Å²) >= 11 is 0. The Morgan fingerprint density at radius 2 is 2.16 bits per heavy atom. The van der Waals surface area contributed by atoms with Crippen LogP contribution in [0.25, 0.3) is 11.4 Å². The first-order chi connectivity index (χ1) is 9.13. The number of ether oxygens (including phenoxy) is 1. The lowest BCUT2D eigenvalue weighted by Gasteiger charge is -2.17. The van der Waals surface area contributed by atoms with E-state index >= 15 is 0 Å². The van der Waals surface area contributed by atoms with Crippen LogP contribution in [0.4, 0.5) is 0 Å². The molecule has 19 heavy (non-hydrogen) atoms. The Kier molecular flexibility index (Phi) is 2.82. The molecular formula is C10H12N4O5. The summed E-state index contributed by atoms with van der Waals surface area (Å²) in [5.74, 6) is 0.259. The molecular weight excluding hydrogens is 256 g/mol. The molecule has 9 heteroatoms. The van der Waals surface area contributed by atoms with E-state index in [1.54, 1.807) is 0 Å². The molecule has 1 saturated heterocycles. The highest BCUT2D eigenvalue weighted by atomic mass is 16.6. The molecule has 3 aliphatic heterocycles. The Labute approximate surface area is 106 Å². The first kappa shape index (κ1) is 12.2. The third-order valence-electron chi connectivity index (χ3n) is 3.17. The smallest absolute Gasteiger partial charge is 0.283 e. The van der Waals surface area contributed by atoms with Crippen molar-refractivity contribution in [2.75, 3.05) is 6.61 Å². The zero-order chi connectivity index (χ0) is 13.6. The third kappa shape index (κ3) is 1.75. The van der Waals surface area contributed by atoms with E-state index in [1.165, 1.54) is 10.9 Å². The highest BCUT2D eigenvalue weighted by molar-refractivity contribution is 5.53. The molecule has 3 rings (SSSR count). The summed E-state index contributed by atoms with van der Waals surface area (Å²) in [5.41, 5.74) is -0.202. The van der Waals surface area contributed by atoms with Crippen LogP contribution < -0.4 is 5.56 Å². The maximum atomic E-state index is 11.5. The summed E-state index contributed by atoms with van der Waals surface area (Å²) in [5, 5.41) is 31.4. The molecule has 0 aromatic heterocycles. The van der Waals surface area contributed by atoms with Crippen LogP contribution in [0.3, 0.4) is 0 Å². The van der Waals surface area contributed by atoms with Crippen LogP contribution >= 0.6 is 0 Å². The normalized spacial score (nSPS) is 31.1. The molecule has 0 radical (unpaired) electrons. The van der Waals surface area contributed by atoms with Crippen molar-refractivity contribution in [2.45, 2.75) is 24.5 Å². The largest absolute Gasteiger partial charge is 0.394 e. The number of fused-ring (bicyclic) bond motifs is 1. The molecule has 3 aliphatic rings. The van der Waals surface area contributed by atoms with Gasteiger partial charge in [-0.3, -0.25) is 4.79 Å². The van der Waals surface area contributed by atoms with E-state index in [9.17, 15) is 15.0 Å². The minimum absolute atomic E-state index is 0.250. The van der Waals surface area contributed by atoms with E-state index in [0.29, 0.717) is 0 Å². The standard InChI is InChI=1S/C10H12N4O5/c15-2-5-6(16)7(17)10(19-5)14-8-4(1-13-14)9(18)12-3-11-8/h1,3,5-7,10,13,15-17H,2H2/t5-,6-,7-,10-/m1/s1. The summed E-state index contributed by atoms with van der Waals surface area (Å²) in [4.78, 5) is 19.0. The van der Waals surface area contributed by atoms with E-state index < -0.39 is 36.7 Å². The molecule has 3 heterocycles. The van der Waals surface area contributed by atoms with Crippen LogP contribution in [-0.4, -0.2) is 60.0 Å². The Bertz CT molecular complexity index is 610. The Balaban J connectivity index is 2.01. The van der Waals surface area contributed by atoms with Crippen LogP contribution in [0.15, 0.2) is 17.3 Å². The van der Waals surface area contributed by atoms with Gasteiger partial charge in [-0.25, -0.2) is 9.67 Å². The fourth-order valence-corrected chi connectivity index (χ4v) is 2.17. The fourth-order valence-electron chi connectivity index (χ4n) is 2.17. The zero-order valence-corrected chi connectivity index (χ0v) is 9.67. The molecule has 9 nitrogen and oxygen atoms in total. The number of aromatic nitrogens is 4. The van der Waals surface area contributed by atoms with Crippen LogP contribution in [0.1, 0.15) is 6.23 Å². The van der Waals surface area contributed by atoms with Gasteiger partial charge in [0.05, 0.1) is 6.61 Å². The van der Waals surface area contributed by atoms with Crippen LogP contribution in [-0.2, 0) is 4.74 Å². The second-order valence-electron chi connectivity index (χ2n) is 4.29. The average Bonchev–Trinajstić information content (AvgIpc) is 2.94. The quantitative estimate of drug-likeness (QED) is 0.480. The lowest BCUT2D eigenvalue weighted by Crippen LogP contribution is -2.33. The summed E-state index contributed by atoms with van der Waals surface area (Å²) in [7, 11) is 0. The topological polar surface area (TPSA) is 133 Å². The van der Waals surface area contributed by atoms with Gasteiger partial charge < -0.3 is 25.2 Å². The van der Waals surface area contributed by atoms with Crippen LogP contribution in [0.2, 0.25) is 0 Å². The lowest BCUT2D eigenvalue weighted by atomic mass is 10.1. The number of H-pyrrole nitrogens is 1. The molecule has 0 spiro atoms. The SMILES string of the molecule is O=c1ncnc2n([C@@H]3O[C@H](CO)[C@@H](O)[C@H]3O)[nH]cc1-2. The summed E-state index contributed by atoms with van der Waals surface area (Å²) in [6.07, 6.45) is -1.80. The van der Waals surface area contributed by atoms with E-state index in [0.717, 1.165) is 6.33 Å². The zero-order valence-electron chi connectivity index (χ0n) is 9.67. The van der Waals surface area contributed by atoms with Gasteiger partial charge in [-0.05, 0) is 0 Å². The Hall–Kier alpha value is -1.81. The molecule has 0 unspecified atom stereocenters. The van der Waals surface area contributed by atoms with E-state index in [-0.39, 0.29) is 11.4 Å². The average molecular weight is 268 g/mol. The van der Waals surface area contributed by atoms with Gasteiger partial charge in [-0.1, -0.05) is 0 Å². The van der Waals surface area contributed by atoms with Crippen molar-refractivity contribution in [1.82, 2.24) is 19.7 Å². The molecule has 1 fully saturated rings. The van der Waals surface area contributed by atoms with E-state index in [1.807, 2.05) is 0 Å². The number of aromatic amines is 1. The van der Waals surface area contributed by atoms with Crippen molar-refractivity contribution in [2.24, 2.45) is 0 Å². The third-order valence-corrected chi connectivity index (χ3v) is 3.17. The summed E-state index contributed by atoms with van der Waals surface area (Å²) < 4.78 is 6.67. The van der Waals surface area contributed by atoms with Gasteiger partial charge in [0.2, 0.25) is 0 Å². The van der Waals surface area contributed by atoms with Gasteiger partial charge in [-0.15, -0.1) is 0 Å². The van der Waals surface area contributed by atoms with Crippen molar-refractivity contribution >= 4 is 0 Å².